The topological polar surface area (TPSA) is 75.3 Å². The molecule has 2 N–H and O–H groups in total. The predicted molar refractivity (Wildman–Crippen MR) is 117 cm³/mol. The van der Waals surface area contributed by atoms with E-state index < -0.39 is 29.5 Å². The second-order valence-corrected chi connectivity index (χ2v) is 8.07. The molecule has 4 rings (SSSR count). The zero-order valence-corrected chi connectivity index (χ0v) is 17.9. The van der Waals surface area contributed by atoms with Crippen molar-refractivity contribution < 1.29 is 23.2 Å². The Balaban J connectivity index is 1.86. The molecule has 0 saturated heterocycles. The fourth-order valence-corrected chi connectivity index (χ4v) is 4.04. The number of rotatable bonds is 4. The number of fused-ring (bicyclic) bond motifs is 1. The van der Waals surface area contributed by atoms with Crippen LogP contribution in [0.1, 0.15) is 55.2 Å². The van der Waals surface area contributed by atoms with Gasteiger partial charge in [-0.1, -0.05) is 23.2 Å². The minimum Gasteiger partial charge on any atom is -0.341 e. The number of hydrogen-bond acceptors (Lipinski definition) is 3. The molecule has 5 nitrogen and oxygen atoms in total. The van der Waals surface area contributed by atoms with Crippen LogP contribution in [0.3, 0.4) is 0 Å². The second kappa shape index (κ2) is 8.33. The summed E-state index contributed by atoms with van der Waals surface area (Å²) in [7, 11) is 0. The Kier molecular flexibility index (Phi) is 5.71. The number of Topliss-reactive ketones (excluding diaryl/α,β-unsaturated/α-hetero) is 1. The first-order chi connectivity index (χ1) is 15.1. The molecule has 0 aliphatic carbocycles. The fraction of sp³-hybridized carbons (Fsp3) is 0.0870. The van der Waals surface area contributed by atoms with Crippen LogP contribution >= 0.6 is 23.2 Å². The number of hydrogen-bond donors (Lipinski definition) is 2. The van der Waals surface area contributed by atoms with Crippen molar-refractivity contribution in [3.05, 3.63) is 98.0 Å². The monoisotopic (exact) mass is 474 g/mol. The third-order valence-corrected chi connectivity index (χ3v) is 5.60. The van der Waals surface area contributed by atoms with E-state index in [0.717, 1.165) is 12.1 Å². The number of nitrogens with one attached hydrogen (secondary N) is 2. The van der Waals surface area contributed by atoms with Crippen molar-refractivity contribution in [3.63, 3.8) is 0 Å². The van der Waals surface area contributed by atoms with Crippen molar-refractivity contribution in [1.82, 2.24) is 5.32 Å². The molecular formula is C23H14Cl2F2N2O3. The van der Waals surface area contributed by atoms with Gasteiger partial charge in [0, 0.05) is 43.5 Å². The van der Waals surface area contributed by atoms with Crippen LogP contribution in [-0.4, -0.2) is 17.6 Å². The average Bonchev–Trinajstić information content (AvgIpc) is 3.05. The Hall–Kier alpha value is -3.29. The summed E-state index contributed by atoms with van der Waals surface area (Å²) in [6.07, 6.45) is 0. The Bertz CT molecular complexity index is 1290. The standard InChI is InChI=1S/C23H14Cl2F2N2O3/c1-10(30)11-6-17-20(21(29-23(17)32)16-9-14(26)2-3-18(16)25)19(7-11)28-22(31)12-4-13(24)8-15(27)5-12/h2-9,21H,1H3,(H,28,31)(H,29,32). The lowest BCUT2D eigenvalue weighted by Crippen LogP contribution is -2.21. The van der Waals surface area contributed by atoms with E-state index in [1.807, 2.05) is 0 Å². The lowest BCUT2D eigenvalue weighted by Gasteiger charge is -2.18. The molecule has 0 spiro atoms. The molecule has 1 unspecified atom stereocenters. The summed E-state index contributed by atoms with van der Waals surface area (Å²) in [6.45, 7) is 1.31. The summed E-state index contributed by atoms with van der Waals surface area (Å²) >= 11 is 12.1. The van der Waals surface area contributed by atoms with E-state index in [1.54, 1.807) is 0 Å². The van der Waals surface area contributed by atoms with Gasteiger partial charge in [0.25, 0.3) is 11.8 Å². The van der Waals surface area contributed by atoms with Gasteiger partial charge in [-0.05, 0) is 55.5 Å². The van der Waals surface area contributed by atoms with Gasteiger partial charge in [0.15, 0.2) is 5.78 Å². The molecule has 0 aromatic heterocycles. The van der Waals surface area contributed by atoms with E-state index in [-0.39, 0.29) is 43.8 Å². The summed E-state index contributed by atoms with van der Waals surface area (Å²) in [4.78, 5) is 37.5. The van der Waals surface area contributed by atoms with Gasteiger partial charge in [-0.2, -0.15) is 0 Å². The summed E-state index contributed by atoms with van der Waals surface area (Å²) in [5.74, 6) is -2.83. The largest absolute Gasteiger partial charge is 0.341 e. The van der Waals surface area contributed by atoms with Crippen LogP contribution in [0.25, 0.3) is 0 Å². The maximum atomic E-state index is 13.9. The summed E-state index contributed by atoms with van der Waals surface area (Å²) in [5, 5.41) is 5.55. The molecule has 0 bridgehead atoms. The molecule has 0 fully saturated rings. The number of anilines is 1. The van der Waals surface area contributed by atoms with Crippen LogP contribution in [-0.2, 0) is 0 Å². The first kappa shape index (κ1) is 21.9. The molecule has 3 aromatic rings. The first-order valence-corrected chi connectivity index (χ1v) is 10.1. The van der Waals surface area contributed by atoms with E-state index in [9.17, 15) is 23.2 Å². The number of ketones is 1. The molecule has 32 heavy (non-hydrogen) atoms. The lowest BCUT2D eigenvalue weighted by atomic mass is 9.93. The molecule has 1 aliphatic rings. The van der Waals surface area contributed by atoms with Gasteiger partial charge in [0.1, 0.15) is 11.6 Å². The highest BCUT2D eigenvalue weighted by Crippen LogP contribution is 2.40. The average molecular weight is 475 g/mol. The lowest BCUT2D eigenvalue weighted by molar-refractivity contribution is 0.0959. The summed E-state index contributed by atoms with van der Waals surface area (Å²) in [6, 6.07) is 8.96. The summed E-state index contributed by atoms with van der Waals surface area (Å²) < 4.78 is 27.6. The van der Waals surface area contributed by atoms with Crippen molar-refractivity contribution in [3.8, 4) is 0 Å². The van der Waals surface area contributed by atoms with Gasteiger partial charge in [0.2, 0.25) is 0 Å². The van der Waals surface area contributed by atoms with Crippen molar-refractivity contribution in [2.45, 2.75) is 13.0 Å². The molecule has 0 saturated carbocycles. The quantitative estimate of drug-likeness (QED) is 0.486. The Morgan fingerprint density at radius 2 is 1.72 bits per heavy atom. The summed E-state index contributed by atoms with van der Waals surface area (Å²) in [5.41, 5.74) is 0.964. The maximum Gasteiger partial charge on any atom is 0.255 e. The molecule has 1 heterocycles. The smallest absolute Gasteiger partial charge is 0.255 e. The molecule has 2 amide bonds. The van der Waals surface area contributed by atoms with Crippen LogP contribution in [0.15, 0.2) is 48.5 Å². The molecule has 3 aromatic carbocycles. The predicted octanol–water partition coefficient (Wildman–Crippen LogP) is 5.56. The van der Waals surface area contributed by atoms with Crippen LogP contribution in [0.5, 0.6) is 0 Å². The van der Waals surface area contributed by atoms with Gasteiger partial charge < -0.3 is 10.6 Å². The Morgan fingerprint density at radius 3 is 2.41 bits per heavy atom. The van der Waals surface area contributed by atoms with Gasteiger partial charge >= 0.3 is 0 Å². The molecule has 162 valence electrons. The Labute approximate surface area is 191 Å². The third kappa shape index (κ3) is 4.09. The third-order valence-electron chi connectivity index (χ3n) is 5.04. The highest BCUT2D eigenvalue weighted by molar-refractivity contribution is 6.31. The first-order valence-electron chi connectivity index (χ1n) is 9.36. The van der Waals surface area contributed by atoms with Crippen LogP contribution in [0.4, 0.5) is 14.5 Å². The Morgan fingerprint density at radius 1 is 0.969 bits per heavy atom. The SMILES string of the molecule is CC(=O)c1cc(NC(=O)c2cc(F)cc(Cl)c2)c2c(c1)C(=O)NC2c1cc(F)ccc1Cl. The molecule has 9 heteroatoms. The number of halogens is 4. The molecule has 1 aliphatic heterocycles. The van der Waals surface area contributed by atoms with Gasteiger partial charge in [-0.3, -0.25) is 14.4 Å². The number of carbonyl (C=O) groups is 3. The van der Waals surface area contributed by atoms with Gasteiger partial charge in [0.05, 0.1) is 6.04 Å². The minimum absolute atomic E-state index is 0.0270. The van der Waals surface area contributed by atoms with Crippen molar-refractivity contribution in [2.75, 3.05) is 5.32 Å². The maximum absolute atomic E-state index is 13.9. The van der Waals surface area contributed by atoms with Crippen LogP contribution in [0.2, 0.25) is 10.0 Å². The molecule has 0 radical (unpaired) electrons. The van der Waals surface area contributed by atoms with E-state index in [2.05, 4.69) is 10.6 Å². The fourth-order valence-electron chi connectivity index (χ4n) is 3.59. The minimum atomic E-state index is -0.881. The second-order valence-electron chi connectivity index (χ2n) is 7.23. The normalized spacial score (nSPS) is 14.7. The van der Waals surface area contributed by atoms with Gasteiger partial charge in [-0.15, -0.1) is 0 Å². The van der Waals surface area contributed by atoms with Crippen molar-refractivity contribution >= 4 is 46.5 Å². The van der Waals surface area contributed by atoms with E-state index in [1.165, 1.54) is 43.3 Å². The zero-order valence-electron chi connectivity index (χ0n) is 16.4. The van der Waals surface area contributed by atoms with E-state index in [0.29, 0.717) is 5.56 Å². The highest BCUT2D eigenvalue weighted by Gasteiger charge is 2.35. The highest BCUT2D eigenvalue weighted by atomic mass is 35.5. The van der Waals surface area contributed by atoms with E-state index in [4.69, 9.17) is 23.2 Å². The van der Waals surface area contributed by atoms with Crippen LogP contribution < -0.4 is 10.6 Å². The molecule has 1 atom stereocenters. The number of amides is 2. The van der Waals surface area contributed by atoms with Crippen molar-refractivity contribution in [2.24, 2.45) is 0 Å². The van der Waals surface area contributed by atoms with Crippen LogP contribution in [0, 0.1) is 11.6 Å². The number of carbonyl (C=O) groups excluding carboxylic acids is 3. The van der Waals surface area contributed by atoms with Gasteiger partial charge in [-0.25, -0.2) is 8.78 Å². The molecular weight excluding hydrogens is 461 g/mol. The number of benzene rings is 3. The van der Waals surface area contributed by atoms with E-state index >= 15 is 0 Å². The zero-order chi connectivity index (χ0) is 23.2. The van der Waals surface area contributed by atoms with Crippen molar-refractivity contribution in [1.29, 1.82) is 0 Å².